The summed E-state index contributed by atoms with van der Waals surface area (Å²) in [5, 5.41) is 10.0. The lowest BCUT2D eigenvalue weighted by Gasteiger charge is -2.08. The van der Waals surface area contributed by atoms with Crippen molar-refractivity contribution < 1.29 is 14.6 Å². The van der Waals surface area contributed by atoms with Crippen LogP contribution in [0.2, 0.25) is 0 Å². The van der Waals surface area contributed by atoms with E-state index in [0.29, 0.717) is 6.47 Å². The van der Waals surface area contributed by atoms with Gasteiger partial charge in [0.2, 0.25) is 0 Å². The molecule has 4 heteroatoms. The van der Waals surface area contributed by atoms with Crippen molar-refractivity contribution in [1.29, 1.82) is 0 Å². The molecule has 0 aliphatic carbocycles. The number of aliphatic hydroxyl groups excluding tert-OH is 1. The molecule has 1 aromatic carbocycles. The first kappa shape index (κ1) is 10.7. The Morgan fingerprint density at radius 3 is 3.06 bits per heavy atom. The third-order valence-electron chi connectivity index (χ3n) is 2.66. The van der Waals surface area contributed by atoms with Crippen molar-refractivity contribution in [2.75, 3.05) is 0 Å². The molecular weight excluding hydrogens is 206 g/mol. The van der Waals surface area contributed by atoms with Crippen molar-refractivity contribution >= 4 is 17.4 Å². The molecule has 1 unspecified atom stereocenters. The molecule has 2 aromatic rings. The van der Waals surface area contributed by atoms with Crippen LogP contribution in [-0.4, -0.2) is 16.6 Å². The van der Waals surface area contributed by atoms with Gasteiger partial charge >= 0.3 is 0 Å². The molecule has 4 nitrogen and oxygen atoms in total. The van der Waals surface area contributed by atoms with Crippen LogP contribution >= 0.6 is 0 Å². The summed E-state index contributed by atoms with van der Waals surface area (Å²) in [7, 11) is 0. The first-order valence-electron chi connectivity index (χ1n) is 5.06. The third kappa shape index (κ3) is 1.79. The van der Waals surface area contributed by atoms with Gasteiger partial charge in [-0.1, -0.05) is 6.07 Å². The fraction of sp³-hybridized carbons (Fsp3) is 0.250. The molecule has 1 aromatic heterocycles. The third-order valence-corrected chi connectivity index (χ3v) is 2.66. The van der Waals surface area contributed by atoms with Crippen LogP contribution in [-0.2, 0) is 16.1 Å². The Balaban J connectivity index is 2.49. The van der Waals surface area contributed by atoms with Gasteiger partial charge in [-0.2, -0.15) is 0 Å². The Morgan fingerprint density at radius 1 is 1.56 bits per heavy atom. The highest BCUT2D eigenvalue weighted by Gasteiger charge is 2.11. The molecule has 0 spiro atoms. The molecule has 0 aliphatic heterocycles. The molecule has 2 rings (SSSR count). The van der Waals surface area contributed by atoms with Gasteiger partial charge in [0, 0.05) is 22.7 Å². The van der Waals surface area contributed by atoms with E-state index in [1.165, 1.54) is 0 Å². The van der Waals surface area contributed by atoms with Gasteiger partial charge in [-0.15, -0.1) is 0 Å². The maximum atomic E-state index is 10.3. The number of carbonyl (C=O) groups excluding carboxylic acids is 1. The number of aromatic nitrogens is 1. The van der Waals surface area contributed by atoms with E-state index in [1.54, 1.807) is 0 Å². The van der Waals surface area contributed by atoms with Gasteiger partial charge in [0.25, 0.3) is 6.47 Å². The molecule has 2 N–H and O–H groups in total. The van der Waals surface area contributed by atoms with Crippen LogP contribution in [0.3, 0.4) is 0 Å². The van der Waals surface area contributed by atoms with Crippen LogP contribution in [0.4, 0.5) is 0 Å². The van der Waals surface area contributed by atoms with Crippen LogP contribution in [0, 0.1) is 0 Å². The molecule has 0 fully saturated rings. The van der Waals surface area contributed by atoms with Gasteiger partial charge < -0.3 is 14.8 Å². The Labute approximate surface area is 92.9 Å². The molecule has 1 atom stereocenters. The number of H-pyrrole nitrogens is 1. The zero-order valence-electron chi connectivity index (χ0n) is 8.93. The second kappa shape index (κ2) is 4.37. The monoisotopic (exact) mass is 219 g/mol. The predicted octanol–water partition coefficient (Wildman–Crippen LogP) is 1.89. The number of aliphatic hydroxyl groups is 1. The zero-order valence-corrected chi connectivity index (χ0v) is 8.93. The fourth-order valence-corrected chi connectivity index (χ4v) is 1.78. The van der Waals surface area contributed by atoms with Gasteiger partial charge in [0.1, 0.15) is 6.10 Å². The van der Waals surface area contributed by atoms with Crippen LogP contribution in [0.5, 0.6) is 0 Å². The van der Waals surface area contributed by atoms with E-state index < -0.39 is 0 Å². The zero-order chi connectivity index (χ0) is 11.5. The lowest BCUT2D eigenvalue weighted by molar-refractivity contribution is -0.133. The highest BCUT2D eigenvalue weighted by atomic mass is 16.5. The minimum Gasteiger partial charge on any atom is -0.460 e. The van der Waals surface area contributed by atoms with Gasteiger partial charge in [0.05, 0.1) is 6.61 Å². The minimum absolute atomic E-state index is 0.00345. The smallest absolute Gasteiger partial charge is 0.293 e. The largest absolute Gasteiger partial charge is 0.460 e. The quantitative estimate of drug-likeness (QED) is 0.772. The van der Waals surface area contributed by atoms with Crippen molar-refractivity contribution in [2.24, 2.45) is 0 Å². The Hall–Kier alpha value is -1.81. The second-order valence-corrected chi connectivity index (χ2v) is 3.66. The predicted molar refractivity (Wildman–Crippen MR) is 59.8 cm³/mol. The normalized spacial score (nSPS) is 12.6. The molecular formula is C12H13NO3. The lowest BCUT2D eigenvalue weighted by Crippen LogP contribution is -1.97. The molecule has 16 heavy (non-hydrogen) atoms. The van der Waals surface area contributed by atoms with Gasteiger partial charge in [-0.25, -0.2) is 0 Å². The topological polar surface area (TPSA) is 62.3 Å². The maximum Gasteiger partial charge on any atom is 0.293 e. The summed E-state index contributed by atoms with van der Waals surface area (Å²) >= 11 is 0. The SMILES string of the molecule is CC(OC=O)c1c[nH]c2ccc(CO)cc12. The maximum absolute atomic E-state index is 10.3. The Bertz CT molecular complexity index is 504. The first-order valence-corrected chi connectivity index (χ1v) is 5.06. The molecule has 0 radical (unpaired) electrons. The van der Waals surface area contributed by atoms with E-state index in [4.69, 9.17) is 9.84 Å². The number of nitrogens with one attached hydrogen (secondary N) is 1. The van der Waals surface area contributed by atoms with Crippen molar-refractivity contribution in [1.82, 2.24) is 4.98 Å². The average Bonchev–Trinajstić information content (AvgIpc) is 2.71. The van der Waals surface area contributed by atoms with E-state index >= 15 is 0 Å². The van der Waals surface area contributed by atoms with Crippen molar-refractivity contribution in [3.8, 4) is 0 Å². The van der Waals surface area contributed by atoms with Crippen LogP contribution in [0.25, 0.3) is 10.9 Å². The molecule has 0 bridgehead atoms. The summed E-state index contributed by atoms with van der Waals surface area (Å²) in [5.74, 6) is 0. The molecule has 1 heterocycles. The van der Waals surface area contributed by atoms with E-state index in [2.05, 4.69) is 4.98 Å². The number of hydrogen-bond donors (Lipinski definition) is 2. The molecule has 0 saturated carbocycles. The highest BCUT2D eigenvalue weighted by Crippen LogP contribution is 2.26. The molecule has 0 amide bonds. The summed E-state index contributed by atoms with van der Waals surface area (Å²) in [6, 6.07) is 5.65. The molecule has 0 aliphatic rings. The number of carbonyl (C=O) groups is 1. The summed E-state index contributed by atoms with van der Waals surface area (Å²) in [6.45, 7) is 2.26. The standard InChI is InChI=1S/C12H13NO3/c1-8(16-7-15)11-5-13-12-3-2-9(6-14)4-10(11)12/h2-5,7-8,13-14H,6H2,1H3. The summed E-state index contributed by atoms with van der Waals surface area (Å²) in [6.07, 6.45) is 1.53. The number of ether oxygens (including phenoxy) is 1. The summed E-state index contributed by atoms with van der Waals surface area (Å²) < 4.78 is 4.90. The number of aromatic amines is 1. The highest BCUT2D eigenvalue weighted by molar-refractivity contribution is 5.84. The lowest BCUT2D eigenvalue weighted by atomic mass is 10.1. The minimum atomic E-state index is -0.291. The number of benzene rings is 1. The van der Waals surface area contributed by atoms with Crippen LogP contribution < -0.4 is 0 Å². The summed E-state index contributed by atoms with van der Waals surface area (Å²) in [5.41, 5.74) is 2.72. The van der Waals surface area contributed by atoms with Gasteiger partial charge in [0.15, 0.2) is 0 Å². The van der Waals surface area contributed by atoms with E-state index in [1.807, 2.05) is 31.3 Å². The fourth-order valence-electron chi connectivity index (χ4n) is 1.78. The van der Waals surface area contributed by atoms with Crippen molar-refractivity contribution in [2.45, 2.75) is 19.6 Å². The van der Waals surface area contributed by atoms with E-state index in [-0.39, 0.29) is 12.7 Å². The van der Waals surface area contributed by atoms with Crippen molar-refractivity contribution in [3.63, 3.8) is 0 Å². The van der Waals surface area contributed by atoms with E-state index in [0.717, 1.165) is 22.0 Å². The number of hydrogen-bond acceptors (Lipinski definition) is 3. The molecule has 0 saturated heterocycles. The average molecular weight is 219 g/mol. The molecule has 84 valence electrons. The Kier molecular flexibility index (Phi) is 2.92. The Morgan fingerprint density at radius 2 is 2.38 bits per heavy atom. The van der Waals surface area contributed by atoms with Gasteiger partial charge in [-0.3, -0.25) is 4.79 Å². The van der Waals surface area contributed by atoms with Gasteiger partial charge in [-0.05, 0) is 24.6 Å². The second-order valence-electron chi connectivity index (χ2n) is 3.66. The summed E-state index contributed by atoms with van der Waals surface area (Å²) in [4.78, 5) is 13.4. The van der Waals surface area contributed by atoms with Crippen LogP contribution in [0.1, 0.15) is 24.2 Å². The van der Waals surface area contributed by atoms with Crippen molar-refractivity contribution in [3.05, 3.63) is 35.5 Å². The number of fused-ring (bicyclic) bond motifs is 1. The van der Waals surface area contributed by atoms with E-state index in [9.17, 15) is 4.79 Å². The first-order chi connectivity index (χ1) is 7.76. The van der Waals surface area contributed by atoms with Crippen LogP contribution in [0.15, 0.2) is 24.4 Å². The number of rotatable bonds is 4.